The van der Waals surface area contributed by atoms with Crippen LogP contribution in [0.15, 0.2) is 0 Å². The highest BCUT2D eigenvalue weighted by Crippen LogP contribution is 2.40. The molecule has 0 fully saturated rings. The van der Waals surface area contributed by atoms with E-state index in [0.717, 1.165) is 0 Å². The van der Waals surface area contributed by atoms with Gasteiger partial charge < -0.3 is 0 Å². The van der Waals surface area contributed by atoms with E-state index >= 15 is 0 Å². The molecule has 0 rings (SSSR count). The molecule has 0 aliphatic rings. The molecule has 0 heterocycles. The molecule has 68 valence electrons. The minimum atomic E-state index is -4.13. The number of alkyl halides is 3. The molecule has 0 spiro atoms. The van der Waals surface area contributed by atoms with Crippen LogP contribution < -0.4 is 0 Å². The van der Waals surface area contributed by atoms with E-state index in [9.17, 15) is 8.42 Å². The van der Waals surface area contributed by atoms with E-state index in [1.165, 1.54) is 0 Å². The van der Waals surface area contributed by atoms with Crippen molar-refractivity contribution in [2.75, 3.05) is 0 Å². The second-order valence-corrected chi connectivity index (χ2v) is 9.23. The number of hydrogen-bond donors (Lipinski definition) is 1. The summed E-state index contributed by atoms with van der Waals surface area (Å²) >= 11 is 8.82. The van der Waals surface area contributed by atoms with Crippen molar-refractivity contribution in [1.29, 1.82) is 0 Å². The minimum absolute atomic E-state index is 0.384. The second kappa shape index (κ2) is 4.04. The Morgan fingerprint density at radius 2 is 1.91 bits per heavy atom. The molecule has 0 aliphatic carbocycles. The van der Waals surface area contributed by atoms with E-state index in [2.05, 4.69) is 47.8 Å². The van der Waals surface area contributed by atoms with Crippen LogP contribution in [0.1, 0.15) is 13.3 Å². The lowest BCUT2D eigenvalue weighted by atomic mass is 10.4. The van der Waals surface area contributed by atoms with Gasteiger partial charge in [0.2, 0.25) is 2.57 Å². The van der Waals surface area contributed by atoms with Gasteiger partial charge in [0.25, 0.3) is 10.1 Å². The van der Waals surface area contributed by atoms with Gasteiger partial charge in [-0.2, -0.15) is 8.42 Å². The monoisotopic (exact) mass is 372 g/mol. The number of hydrogen-bond acceptors (Lipinski definition) is 2. The maximum atomic E-state index is 10.7. The third-order valence-corrected chi connectivity index (χ3v) is 8.47. The Kier molecular flexibility index (Phi) is 4.53. The quantitative estimate of drug-likeness (QED) is 0.610. The minimum Gasteiger partial charge on any atom is -0.284 e. The summed E-state index contributed by atoms with van der Waals surface area (Å²) in [5, 5.41) is 0. The SMILES string of the molecule is CCC(Br)C(Br)(Br)S(=O)(=O)O. The summed E-state index contributed by atoms with van der Waals surface area (Å²) < 4.78 is 28.6. The Bertz CT molecular complexity index is 223. The standard InChI is InChI=1S/C4H7Br3O3S/c1-2-3(5)4(6,7)11(8,9)10/h3H,2H2,1H3,(H,8,9,10). The van der Waals surface area contributed by atoms with Crippen LogP contribution in [-0.4, -0.2) is 20.4 Å². The smallest absolute Gasteiger partial charge is 0.284 e. The Balaban J connectivity index is 4.74. The van der Waals surface area contributed by atoms with Crippen molar-refractivity contribution >= 4 is 57.9 Å². The van der Waals surface area contributed by atoms with E-state index in [4.69, 9.17) is 4.55 Å². The molecule has 0 bridgehead atoms. The molecular weight excluding hydrogens is 368 g/mol. The Hall–Kier alpha value is 1.35. The van der Waals surface area contributed by atoms with Gasteiger partial charge in [-0.3, -0.25) is 4.55 Å². The zero-order valence-electron chi connectivity index (χ0n) is 5.59. The highest BCUT2D eigenvalue weighted by molar-refractivity contribution is 9.28. The molecule has 0 aromatic carbocycles. The predicted octanol–water partition coefficient (Wildman–Crippen LogP) is 2.49. The van der Waals surface area contributed by atoms with Gasteiger partial charge in [-0.25, -0.2) is 0 Å². The highest BCUT2D eigenvalue weighted by Gasteiger charge is 2.43. The third-order valence-electron chi connectivity index (χ3n) is 1.07. The summed E-state index contributed by atoms with van der Waals surface area (Å²) in [7, 11) is -4.13. The van der Waals surface area contributed by atoms with Crippen molar-refractivity contribution < 1.29 is 13.0 Å². The maximum Gasteiger partial charge on any atom is 0.292 e. The van der Waals surface area contributed by atoms with Crippen molar-refractivity contribution in [2.24, 2.45) is 0 Å². The Labute approximate surface area is 91.1 Å². The first-order valence-electron chi connectivity index (χ1n) is 2.72. The van der Waals surface area contributed by atoms with Crippen LogP contribution in [0.3, 0.4) is 0 Å². The summed E-state index contributed by atoms with van der Waals surface area (Å²) in [5.74, 6) is 0. The van der Waals surface area contributed by atoms with Crippen molar-refractivity contribution in [1.82, 2.24) is 0 Å². The first kappa shape index (κ1) is 12.3. The van der Waals surface area contributed by atoms with Gasteiger partial charge in [-0.15, -0.1) is 0 Å². The first-order chi connectivity index (χ1) is 4.73. The summed E-state index contributed by atoms with van der Waals surface area (Å²) in [4.78, 5) is -0.384. The van der Waals surface area contributed by atoms with Crippen molar-refractivity contribution in [3.8, 4) is 0 Å². The molecule has 11 heavy (non-hydrogen) atoms. The average molecular weight is 375 g/mol. The zero-order valence-corrected chi connectivity index (χ0v) is 11.2. The fraction of sp³-hybridized carbons (Fsp3) is 1.00. The molecule has 0 amide bonds. The molecule has 0 saturated heterocycles. The fourth-order valence-electron chi connectivity index (χ4n) is 0.399. The van der Waals surface area contributed by atoms with Crippen LogP contribution >= 0.6 is 47.8 Å². The molecule has 0 aromatic rings. The first-order valence-corrected chi connectivity index (χ1v) is 6.66. The molecule has 3 nitrogen and oxygen atoms in total. The van der Waals surface area contributed by atoms with Gasteiger partial charge in [0, 0.05) is 0 Å². The van der Waals surface area contributed by atoms with Gasteiger partial charge in [0.15, 0.2) is 0 Å². The van der Waals surface area contributed by atoms with Crippen LogP contribution in [0.4, 0.5) is 0 Å². The molecule has 1 N–H and O–H groups in total. The topological polar surface area (TPSA) is 54.4 Å². The summed E-state index contributed by atoms with van der Waals surface area (Å²) in [6, 6.07) is 0. The predicted molar refractivity (Wildman–Crippen MR) is 55.1 cm³/mol. The number of halogens is 3. The normalized spacial score (nSPS) is 16.5. The zero-order chi connectivity index (χ0) is 9.28. The molecule has 1 atom stereocenters. The summed E-state index contributed by atoms with van der Waals surface area (Å²) in [6.07, 6.45) is 0.566. The van der Waals surface area contributed by atoms with E-state index in [1.807, 2.05) is 0 Å². The van der Waals surface area contributed by atoms with Crippen LogP contribution in [0.2, 0.25) is 0 Å². The lowest BCUT2D eigenvalue weighted by Gasteiger charge is -2.21. The fourth-order valence-corrected chi connectivity index (χ4v) is 2.25. The van der Waals surface area contributed by atoms with E-state index in [-0.39, 0.29) is 4.83 Å². The van der Waals surface area contributed by atoms with Crippen LogP contribution in [-0.2, 0) is 10.1 Å². The van der Waals surface area contributed by atoms with Gasteiger partial charge in [-0.05, 0) is 6.42 Å². The molecule has 0 radical (unpaired) electrons. The van der Waals surface area contributed by atoms with E-state index < -0.39 is 12.7 Å². The molecule has 0 aliphatic heterocycles. The van der Waals surface area contributed by atoms with Gasteiger partial charge in [0.05, 0.1) is 4.83 Å². The lowest BCUT2D eigenvalue weighted by molar-refractivity contribution is 0.476. The summed E-state index contributed by atoms with van der Waals surface area (Å²) in [5.41, 5.74) is 0. The van der Waals surface area contributed by atoms with Crippen LogP contribution in [0, 0.1) is 0 Å². The van der Waals surface area contributed by atoms with E-state index in [0.29, 0.717) is 6.42 Å². The molecule has 0 aromatic heterocycles. The third kappa shape index (κ3) is 2.95. The average Bonchev–Trinajstić information content (AvgIpc) is 1.83. The van der Waals surface area contributed by atoms with Crippen LogP contribution in [0.5, 0.6) is 0 Å². The lowest BCUT2D eigenvalue weighted by Crippen LogP contribution is -2.33. The van der Waals surface area contributed by atoms with Crippen molar-refractivity contribution in [3.05, 3.63) is 0 Å². The Morgan fingerprint density at radius 1 is 1.55 bits per heavy atom. The molecule has 7 heteroatoms. The van der Waals surface area contributed by atoms with Crippen molar-refractivity contribution in [2.45, 2.75) is 20.7 Å². The number of rotatable bonds is 3. The second-order valence-electron chi connectivity index (χ2n) is 1.91. The Morgan fingerprint density at radius 3 is 2.00 bits per heavy atom. The molecule has 1 unspecified atom stereocenters. The van der Waals surface area contributed by atoms with Gasteiger partial charge in [-0.1, -0.05) is 54.7 Å². The highest BCUT2D eigenvalue weighted by atomic mass is 79.9. The van der Waals surface area contributed by atoms with Gasteiger partial charge in [0.1, 0.15) is 0 Å². The molecular formula is C4H7Br3O3S. The van der Waals surface area contributed by atoms with Gasteiger partial charge >= 0.3 is 0 Å². The summed E-state index contributed by atoms with van der Waals surface area (Å²) in [6.45, 7) is 1.79. The van der Waals surface area contributed by atoms with Crippen LogP contribution in [0.25, 0.3) is 0 Å². The van der Waals surface area contributed by atoms with E-state index in [1.54, 1.807) is 6.92 Å². The van der Waals surface area contributed by atoms with Crippen molar-refractivity contribution in [3.63, 3.8) is 0 Å². The largest absolute Gasteiger partial charge is 0.292 e. The maximum absolute atomic E-state index is 10.7. The molecule has 0 saturated carbocycles.